The number of rotatable bonds is 11. The summed E-state index contributed by atoms with van der Waals surface area (Å²) in [6.45, 7) is -0.605. The molecule has 0 radical (unpaired) electrons. The Hall–Kier alpha value is -4.17. The number of pyridine rings is 2. The summed E-state index contributed by atoms with van der Waals surface area (Å²) in [6.07, 6.45) is 2.38. The van der Waals surface area contributed by atoms with E-state index in [1.54, 1.807) is 0 Å². The number of hydrogen-bond acceptors (Lipinski definition) is 6. The van der Waals surface area contributed by atoms with E-state index in [-0.39, 0.29) is 61.4 Å². The molecule has 1 aliphatic rings. The van der Waals surface area contributed by atoms with Crippen LogP contribution in [0.1, 0.15) is 66.7 Å². The van der Waals surface area contributed by atoms with Crippen LogP contribution in [0.25, 0.3) is 0 Å². The second kappa shape index (κ2) is 13.7. The maximum atomic E-state index is 14.6. The van der Waals surface area contributed by atoms with Crippen molar-refractivity contribution in [3.8, 4) is 0 Å². The Bertz CT molecular complexity index is 1430. The first-order valence-corrected chi connectivity index (χ1v) is 13.5. The van der Waals surface area contributed by atoms with Crippen LogP contribution in [0.15, 0.2) is 41.6 Å². The van der Waals surface area contributed by atoms with Crippen LogP contribution in [-0.2, 0) is 30.6 Å². The molecule has 42 heavy (non-hydrogen) atoms. The van der Waals surface area contributed by atoms with Gasteiger partial charge >= 0.3 is 6.18 Å². The molecule has 3 heterocycles. The zero-order chi connectivity index (χ0) is 30.3. The Balaban J connectivity index is 1.23. The highest BCUT2D eigenvalue weighted by atomic mass is 19.4. The number of hydrogen-bond donors (Lipinski definition) is 2. The van der Waals surface area contributed by atoms with Gasteiger partial charge in [-0.1, -0.05) is 24.5 Å². The molecular formula is C27H30F5N7O3. The lowest BCUT2D eigenvalue weighted by Crippen LogP contribution is -2.27. The van der Waals surface area contributed by atoms with E-state index in [2.05, 4.69) is 25.9 Å². The summed E-state index contributed by atoms with van der Waals surface area (Å²) in [4.78, 5) is 40.7. The van der Waals surface area contributed by atoms with Gasteiger partial charge in [-0.15, -0.1) is 5.10 Å². The SMILES string of the molecule is O=C(CC1CCCCC1)Nc1ccn(CCC(F)Cn2cc(C(=O)NCc3ccc(C(F)(F)F)cn3)nn2)c(=O)c1F. The molecule has 2 amide bonds. The molecule has 0 aliphatic heterocycles. The van der Waals surface area contributed by atoms with Crippen LogP contribution in [0.2, 0.25) is 0 Å². The van der Waals surface area contributed by atoms with Gasteiger partial charge in [0.2, 0.25) is 11.7 Å². The molecule has 1 saturated carbocycles. The largest absolute Gasteiger partial charge is 0.417 e. The fraction of sp³-hybridized carbons (Fsp3) is 0.481. The summed E-state index contributed by atoms with van der Waals surface area (Å²) in [5.41, 5.74) is -2.07. The Morgan fingerprint density at radius 1 is 1.12 bits per heavy atom. The second-order valence-corrected chi connectivity index (χ2v) is 10.2. The highest BCUT2D eigenvalue weighted by Gasteiger charge is 2.30. The molecule has 1 fully saturated rings. The third-order valence-electron chi connectivity index (χ3n) is 7.00. The van der Waals surface area contributed by atoms with E-state index >= 15 is 0 Å². The molecule has 0 bridgehead atoms. The lowest BCUT2D eigenvalue weighted by molar-refractivity contribution is -0.137. The lowest BCUT2D eigenvalue weighted by Gasteiger charge is -2.20. The third-order valence-corrected chi connectivity index (χ3v) is 7.00. The zero-order valence-corrected chi connectivity index (χ0v) is 22.5. The average Bonchev–Trinajstić information content (AvgIpc) is 3.42. The number of carbonyl (C=O) groups excluding carboxylic acids is 2. The van der Waals surface area contributed by atoms with E-state index in [0.717, 1.165) is 53.5 Å². The van der Waals surface area contributed by atoms with Crippen molar-refractivity contribution in [2.75, 3.05) is 5.32 Å². The molecule has 10 nitrogen and oxygen atoms in total. The van der Waals surface area contributed by atoms with Crippen molar-refractivity contribution >= 4 is 17.5 Å². The topological polar surface area (TPSA) is 124 Å². The second-order valence-electron chi connectivity index (χ2n) is 10.2. The number of halogens is 5. The first-order chi connectivity index (χ1) is 20.0. The van der Waals surface area contributed by atoms with E-state index in [1.807, 2.05) is 0 Å². The van der Waals surface area contributed by atoms with E-state index < -0.39 is 35.2 Å². The lowest BCUT2D eigenvalue weighted by atomic mass is 9.87. The van der Waals surface area contributed by atoms with Crippen LogP contribution in [-0.4, -0.2) is 42.5 Å². The van der Waals surface area contributed by atoms with Gasteiger partial charge in [0, 0.05) is 25.4 Å². The third kappa shape index (κ3) is 8.42. The molecular weight excluding hydrogens is 565 g/mol. The Morgan fingerprint density at radius 3 is 2.57 bits per heavy atom. The van der Waals surface area contributed by atoms with Crippen molar-refractivity contribution < 1.29 is 31.5 Å². The van der Waals surface area contributed by atoms with Gasteiger partial charge in [-0.25, -0.2) is 9.07 Å². The van der Waals surface area contributed by atoms with E-state index in [4.69, 9.17) is 0 Å². The van der Waals surface area contributed by atoms with E-state index in [0.29, 0.717) is 6.20 Å². The molecule has 0 spiro atoms. The fourth-order valence-electron chi connectivity index (χ4n) is 4.70. The minimum absolute atomic E-state index is 0.143. The van der Waals surface area contributed by atoms with E-state index in [9.17, 15) is 36.3 Å². The van der Waals surface area contributed by atoms with Crippen LogP contribution in [0.5, 0.6) is 0 Å². The van der Waals surface area contributed by atoms with Gasteiger partial charge in [0.1, 0.15) is 6.17 Å². The highest BCUT2D eigenvalue weighted by Crippen LogP contribution is 2.28. The molecule has 1 atom stereocenters. The zero-order valence-electron chi connectivity index (χ0n) is 22.5. The average molecular weight is 596 g/mol. The molecule has 2 N–H and O–H groups in total. The van der Waals surface area contributed by atoms with Crippen LogP contribution in [0.3, 0.4) is 0 Å². The molecule has 1 unspecified atom stereocenters. The maximum Gasteiger partial charge on any atom is 0.417 e. The summed E-state index contributed by atoms with van der Waals surface area (Å²) in [7, 11) is 0. The maximum absolute atomic E-state index is 14.6. The van der Waals surface area contributed by atoms with Crippen LogP contribution >= 0.6 is 0 Å². The van der Waals surface area contributed by atoms with Crippen molar-refractivity contribution in [1.29, 1.82) is 0 Å². The summed E-state index contributed by atoms with van der Waals surface area (Å²) in [5, 5.41) is 12.3. The quantitative estimate of drug-likeness (QED) is 0.320. The van der Waals surface area contributed by atoms with Crippen LogP contribution in [0.4, 0.5) is 27.6 Å². The molecule has 3 aromatic heterocycles. The Morgan fingerprint density at radius 2 is 1.88 bits per heavy atom. The first kappa shape index (κ1) is 30.8. The summed E-state index contributed by atoms with van der Waals surface area (Å²) in [6, 6.07) is 3.25. The van der Waals surface area contributed by atoms with Crippen LogP contribution in [0, 0.1) is 11.7 Å². The number of nitrogens with zero attached hydrogens (tertiary/aromatic N) is 5. The smallest absolute Gasteiger partial charge is 0.345 e. The van der Waals surface area contributed by atoms with Crippen molar-refractivity contribution in [3.63, 3.8) is 0 Å². The van der Waals surface area contributed by atoms with Gasteiger partial charge in [0.05, 0.1) is 36.2 Å². The monoisotopic (exact) mass is 595 g/mol. The summed E-state index contributed by atoms with van der Waals surface area (Å²) < 4.78 is 69.3. The summed E-state index contributed by atoms with van der Waals surface area (Å²) >= 11 is 0. The van der Waals surface area contributed by atoms with Crippen molar-refractivity contribution in [2.45, 2.75) is 76.9 Å². The fourth-order valence-corrected chi connectivity index (χ4v) is 4.70. The van der Waals surface area contributed by atoms with E-state index in [1.165, 1.54) is 18.5 Å². The number of aromatic nitrogens is 5. The van der Waals surface area contributed by atoms with Gasteiger partial charge in [-0.05, 0) is 43.4 Å². The Labute approximate surface area is 237 Å². The standard InChI is InChI=1S/C27H30F5N7O3/c28-19(8-10-38-11-9-21(24(29)26(38)42)35-23(40)12-17-4-2-1-3-5-17)15-39-16-22(36-37-39)25(41)34-14-20-7-6-18(13-33-20)27(30,31)32/h6-7,9,11,13,16-17,19H,1-5,8,10,12,14-15H2,(H,34,41)(H,35,40). The number of amides is 2. The number of aryl methyl sites for hydroxylation is 1. The first-order valence-electron chi connectivity index (χ1n) is 13.5. The van der Waals surface area contributed by atoms with Crippen molar-refractivity contribution in [1.82, 2.24) is 29.9 Å². The number of alkyl halides is 4. The predicted octanol–water partition coefficient (Wildman–Crippen LogP) is 4.26. The van der Waals surface area contributed by atoms with Gasteiger partial charge in [0.25, 0.3) is 11.5 Å². The van der Waals surface area contributed by atoms with Gasteiger partial charge in [-0.2, -0.15) is 17.6 Å². The van der Waals surface area contributed by atoms with Gasteiger partial charge < -0.3 is 15.2 Å². The van der Waals surface area contributed by atoms with Crippen molar-refractivity contribution in [2.24, 2.45) is 5.92 Å². The molecule has 15 heteroatoms. The van der Waals surface area contributed by atoms with Gasteiger partial charge in [-0.3, -0.25) is 19.4 Å². The van der Waals surface area contributed by atoms with Crippen molar-refractivity contribution in [3.05, 3.63) is 69.9 Å². The summed E-state index contributed by atoms with van der Waals surface area (Å²) in [5.74, 6) is -1.90. The Kier molecular flexibility index (Phi) is 10.0. The molecule has 3 aromatic rings. The minimum atomic E-state index is -4.52. The molecule has 226 valence electrons. The predicted molar refractivity (Wildman–Crippen MR) is 140 cm³/mol. The van der Waals surface area contributed by atoms with Crippen LogP contribution < -0.4 is 16.2 Å². The molecule has 1 aliphatic carbocycles. The van der Waals surface area contributed by atoms with Gasteiger partial charge in [0.15, 0.2) is 5.69 Å². The highest BCUT2D eigenvalue weighted by molar-refractivity contribution is 5.92. The minimum Gasteiger partial charge on any atom is -0.345 e. The molecule has 4 rings (SSSR count). The number of nitrogens with one attached hydrogen (secondary N) is 2. The molecule has 0 aromatic carbocycles. The number of anilines is 1. The number of carbonyl (C=O) groups is 2. The molecule has 0 saturated heterocycles. The normalized spacial score (nSPS) is 14.9.